The Morgan fingerprint density at radius 2 is 1.86 bits per heavy atom. The summed E-state index contributed by atoms with van der Waals surface area (Å²) in [5.74, 6) is 0.440. The summed E-state index contributed by atoms with van der Waals surface area (Å²) in [6.07, 6.45) is 0.0141. The number of amides is 2. The minimum Gasteiger partial charge on any atom is -0.497 e. The Morgan fingerprint density at radius 1 is 1.11 bits per heavy atom. The molecule has 3 aromatic rings. The predicted octanol–water partition coefficient (Wildman–Crippen LogP) is 5.39. The number of anilines is 1. The molecule has 0 aliphatic carbocycles. The van der Waals surface area contributed by atoms with Crippen LogP contribution in [0, 0.1) is 5.82 Å². The van der Waals surface area contributed by atoms with Crippen molar-refractivity contribution in [3.8, 4) is 11.5 Å². The number of amidine groups is 1. The molecule has 9 heteroatoms. The van der Waals surface area contributed by atoms with Gasteiger partial charge in [0.05, 0.1) is 25.9 Å². The number of hydrogen-bond donors (Lipinski definition) is 1. The Morgan fingerprint density at radius 3 is 2.56 bits per heavy atom. The minimum absolute atomic E-state index is 0.0141. The number of hydrogen-bond acceptors (Lipinski definition) is 6. The van der Waals surface area contributed by atoms with Gasteiger partial charge >= 0.3 is 0 Å². The van der Waals surface area contributed by atoms with Gasteiger partial charge in [-0.2, -0.15) is 0 Å². The van der Waals surface area contributed by atoms with E-state index >= 15 is 0 Å². The summed E-state index contributed by atoms with van der Waals surface area (Å²) >= 11 is 1.20. The number of nitrogens with one attached hydrogen (secondary N) is 1. The highest BCUT2D eigenvalue weighted by Crippen LogP contribution is 2.31. The standard InChI is InChI=1S/C27H26FN3O4S/c1-3-35-23-6-4-5-21(15-23)29-26(33)24-16-25(32)31(17-18-7-13-22(34-2)14-8-18)27(36-24)30-20-11-9-19(28)10-12-20/h4-15,24H,3,16-17H2,1-2H3,(H,29,33). The van der Waals surface area contributed by atoms with E-state index in [4.69, 9.17) is 9.47 Å². The van der Waals surface area contributed by atoms with E-state index in [1.54, 1.807) is 30.2 Å². The van der Waals surface area contributed by atoms with Gasteiger partial charge in [-0.1, -0.05) is 30.0 Å². The van der Waals surface area contributed by atoms with Crippen LogP contribution in [0.4, 0.5) is 15.8 Å². The monoisotopic (exact) mass is 507 g/mol. The largest absolute Gasteiger partial charge is 0.497 e. The average molecular weight is 508 g/mol. The van der Waals surface area contributed by atoms with Crippen molar-refractivity contribution in [1.29, 1.82) is 0 Å². The van der Waals surface area contributed by atoms with Crippen molar-refractivity contribution in [1.82, 2.24) is 4.90 Å². The maximum atomic E-state index is 13.4. The maximum absolute atomic E-state index is 13.4. The molecule has 7 nitrogen and oxygen atoms in total. The van der Waals surface area contributed by atoms with Crippen molar-refractivity contribution in [3.63, 3.8) is 0 Å². The van der Waals surface area contributed by atoms with Crippen molar-refractivity contribution >= 4 is 40.1 Å². The summed E-state index contributed by atoms with van der Waals surface area (Å²) in [5, 5.41) is 2.56. The number of halogens is 1. The average Bonchev–Trinajstić information content (AvgIpc) is 2.88. The van der Waals surface area contributed by atoms with Crippen LogP contribution in [0.2, 0.25) is 0 Å². The number of ether oxygens (including phenoxy) is 2. The molecule has 1 atom stereocenters. The van der Waals surface area contributed by atoms with E-state index in [-0.39, 0.29) is 30.6 Å². The number of thioether (sulfide) groups is 1. The maximum Gasteiger partial charge on any atom is 0.238 e. The first-order valence-corrected chi connectivity index (χ1v) is 12.3. The summed E-state index contributed by atoms with van der Waals surface area (Å²) in [7, 11) is 1.59. The molecular formula is C27H26FN3O4S. The van der Waals surface area contributed by atoms with Gasteiger partial charge in [0.25, 0.3) is 0 Å². The van der Waals surface area contributed by atoms with E-state index in [9.17, 15) is 14.0 Å². The van der Waals surface area contributed by atoms with Crippen LogP contribution in [0.25, 0.3) is 0 Å². The van der Waals surface area contributed by atoms with E-state index in [0.29, 0.717) is 34.6 Å². The molecule has 36 heavy (non-hydrogen) atoms. The van der Waals surface area contributed by atoms with Gasteiger partial charge in [-0.3, -0.25) is 14.5 Å². The number of aliphatic imine (C=N–C) groups is 1. The Hall–Kier alpha value is -3.85. The molecule has 0 saturated carbocycles. The lowest BCUT2D eigenvalue weighted by atomic mass is 10.2. The molecule has 1 aliphatic rings. The number of methoxy groups -OCH3 is 1. The summed E-state index contributed by atoms with van der Waals surface area (Å²) in [5.41, 5.74) is 1.95. The van der Waals surface area contributed by atoms with Crippen LogP contribution in [-0.4, -0.2) is 40.8 Å². The van der Waals surface area contributed by atoms with Crippen molar-refractivity contribution < 1.29 is 23.5 Å². The summed E-state index contributed by atoms with van der Waals surface area (Å²) in [4.78, 5) is 32.5. The van der Waals surface area contributed by atoms with Crippen molar-refractivity contribution in [2.24, 2.45) is 4.99 Å². The second-order valence-corrected chi connectivity index (χ2v) is 9.13. The fourth-order valence-corrected chi connectivity index (χ4v) is 4.69. The van der Waals surface area contributed by atoms with E-state index in [2.05, 4.69) is 10.3 Å². The molecule has 0 bridgehead atoms. The number of nitrogens with zero attached hydrogens (tertiary/aromatic N) is 2. The van der Waals surface area contributed by atoms with Gasteiger partial charge in [-0.25, -0.2) is 9.38 Å². The molecule has 1 fully saturated rings. The van der Waals surface area contributed by atoms with Crippen LogP contribution in [0.5, 0.6) is 11.5 Å². The van der Waals surface area contributed by atoms with Gasteiger partial charge in [0.2, 0.25) is 11.8 Å². The molecule has 1 unspecified atom stereocenters. The summed E-state index contributed by atoms with van der Waals surface area (Å²) in [6.45, 7) is 2.67. The van der Waals surface area contributed by atoms with Gasteiger partial charge in [0, 0.05) is 18.2 Å². The van der Waals surface area contributed by atoms with Crippen LogP contribution in [0.1, 0.15) is 18.9 Å². The van der Waals surface area contributed by atoms with Crippen molar-refractivity contribution in [2.45, 2.75) is 25.1 Å². The molecule has 1 aliphatic heterocycles. The first kappa shape index (κ1) is 25.2. The Labute approximate surface area is 213 Å². The fourth-order valence-electron chi connectivity index (χ4n) is 3.59. The van der Waals surface area contributed by atoms with Crippen LogP contribution in [0.3, 0.4) is 0 Å². The lowest BCUT2D eigenvalue weighted by molar-refractivity contribution is -0.129. The van der Waals surface area contributed by atoms with Crippen LogP contribution in [0.15, 0.2) is 77.8 Å². The van der Waals surface area contributed by atoms with Gasteiger partial charge in [-0.05, 0) is 61.0 Å². The molecular weight excluding hydrogens is 481 g/mol. The number of rotatable bonds is 8. The van der Waals surface area contributed by atoms with Gasteiger partial charge in [-0.15, -0.1) is 0 Å². The fraction of sp³-hybridized carbons (Fsp3) is 0.222. The summed E-state index contributed by atoms with van der Waals surface area (Å²) in [6, 6.07) is 20.1. The number of carbonyl (C=O) groups is 2. The highest BCUT2D eigenvalue weighted by atomic mass is 32.2. The first-order valence-electron chi connectivity index (χ1n) is 11.4. The van der Waals surface area contributed by atoms with Crippen molar-refractivity contribution in [2.75, 3.05) is 19.0 Å². The zero-order valence-electron chi connectivity index (χ0n) is 19.9. The lowest BCUT2D eigenvalue weighted by Gasteiger charge is -2.32. The second kappa shape index (κ2) is 11.7. The molecule has 186 valence electrons. The third kappa shape index (κ3) is 6.42. The molecule has 1 heterocycles. The van der Waals surface area contributed by atoms with Crippen LogP contribution >= 0.6 is 11.8 Å². The third-order valence-electron chi connectivity index (χ3n) is 5.40. The molecule has 1 N–H and O–H groups in total. The van der Waals surface area contributed by atoms with E-state index in [1.165, 1.54) is 36.0 Å². The predicted molar refractivity (Wildman–Crippen MR) is 139 cm³/mol. The number of carbonyl (C=O) groups excluding carboxylic acids is 2. The molecule has 0 radical (unpaired) electrons. The van der Waals surface area contributed by atoms with Gasteiger partial charge < -0.3 is 14.8 Å². The Bertz CT molecular complexity index is 1250. The zero-order valence-corrected chi connectivity index (χ0v) is 20.8. The second-order valence-electron chi connectivity index (χ2n) is 7.96. The van der Waals surface area contributed by atoms with Crippen LogP contribution in [-0.2, 0) is 16.1 Å². The van der Waals surface area contributed by atoms with E-state index < -0.39 is 5.25 Å². The highest BCUT2D eigenvalue weighted by molar-refractivity contribution is 8.15. The highest BCUT2D eigenvalue weighted by Gasteiger charge is 2.36. The zero-order chi connectivity index (χ0) is 25.5. The smallest absolute Gasteiger partial charge is 0.238 e. The third-order valence-corrected chi connectivity index (χ3v) is 6.58. The molecule has 3 aromatic carbocycles. The topological polar surface area (TPSA) is 80.2 Å². The minimum atomic E-state index is -0.681. The van der Waals surface area contributed by atoms with Gasteiger partial charge in [0.15, 0.2) is 5.17 Å². The van der Waals surface area contributed by atoms with E-state index in [0.717, 1.165) is 5.56 Å². The normalized spacial score (nSPS) is 16.6. The Balaban J connectivity index is 1.57. The lowest BCUT2D eigenvalue weighted by Crippen LogP contribution is -2.44. The van der Waals surface area contributed by atoms with E-state index in [1.807, 2.05) is 37.3 Å². The van der Waals surface area contributed by atoms with Crippen molar-refractivity contribution in [3.05, 3.63) is 84.2 Å². The quantitative estimate of drug-likeness (QED) is 0.442. The Kier molecular flexibility index (Phi) is 8.22. The molecule has 2 amide bonds. The first-order chi connectivity index (χ1) is 17.4. The van der Waals surface area contributed by atoms with Gasteiger partial charge in [0.1, 0.15) is 22.6 Å². The number of benzene rings is 3. The molecule has 4 rings (SSSR count). The summed E-state index contributed by atoms with van der Waals surface area (Å²) < 4.78 is 24.1. The molecule has 0 spiro atoms. The SMILES string of the molecule is CCOc1cccc(NC(=O)C2CC(=O)N(Cc3ccc(OC)cc3)C(=Nc3ccc(F)cc3)S2)c1. The molecule has 1 saturated heterocycles. The molecule has 0 aromatic heterocycles. The van der Waals surface area contributed by atoms with Crippen LogP contribution < -0.4 is 14.8 Å².